The van der Waals surface area contributed by atoms with Gasteiger partial charge in [0.05, 0.1) is 9.75 Å². The predicted octanol–water partition coefficient (Wildman–Crippen LogP) is 3.79. The van der Waals surface area contributed by atoms with E-state index in [2.05, 4.69) is 34.5 Å². The number of rotatable bonds is 3. The highest BCUT2D eigenvalue weighted by molar-refractivity contribution is 14.1. The molecular weight excluding hydrogens is 355 g/mol. The lowest BCUT2D eigenvalue weighted by molar-refractivity contribution is 0.0246. The Morgan fingerprint density at radius 1 is 1.53 bits per heavy atom. The molecule has 0 aromatic heterocycles. The quantitative estimate of drug-likeness (QED) is 0.600. The van der Waals surface area contributed by atoms with E-state index in [0.717, 1.165) is 28.8 Å². The molecule has 1 aliphatic heterocycles. The first kappa shape index (κ1) is 16.3. The number of carbonyl (C=O) groups is 1. The van der Waals surface area contributed by atoms with Crippen LogP contribution in [0.4, 0.5) is 4.79 Å². The van der Waals surface area contributed by atoms with E-state index in [0.29, 0.717) is 0 Å². The summed E-state index contributed by atoms with van der Waals surface area (Å²) in [6, 6.07) is 0.0135. The molecule has 0 aromatic rings. The maximum Gasteiger partial charge on any atom is 0.410 e. The Labute approximate surface area is 129 Å². The molecule has 0 bridgehead atoms. The van der Waals surface area contributed by atoms with Crippen molar-refractivity contribution < 1.29 is 9.53 Å². The molecule has 4 nitrogen and oxygen atoms in total. The van der Waals surface area contributed by atoms with Crippen LogP contribution in [0, 0.1) is 0 Å². The van der Waals surface area contributed by atoms with Crippen LogP contribution in [0.3, 0.4) is 0 Å². The van der Waals surface area contributed by atoms with Crippen molar-refractivity contribution in [1.29, 1.82) is 0 Å². The Kier molecular flexibility index (Phi) is 5.70. The van der Waals surface area contributed by atoms with Crippen molar-refractivity contribution in [3.05, 3.63) is 22.1 Å². The smallest absolute Gasteiger partial charge is 0.410 e. The number of carbonyl (C=O) groups excluding carboxylic acids is 1. The average molecular weight is 378 g/mol. The standard InChI is InChI=1S/C14H23IN2O2/c1-6-12(15)16-10(2)11-8-7-9-17(11)13(18)19-14(3,4)5/h6,11,16H,2,7-9H2,1,3-5H3/b12-6-. The first-order valence-electron chi connectivity index (χ1n) is 6.52. The molecule has 1 unspecified atom stereocenters. The second kappa shape index (κ2) is 6.63. The molecule has 5 heteroatoms. The number of nitrogens with zero attached hydrogens (tertiary/aromatic N) is 1. The molecule has 1 N–H and O–H groups in total. The lowest BCUT2D eigenvalue weighted by atomic mass is 10.1. The number of likely N-dealkylation sites (tertiary alicyclic amines) is 1. The van der Waals surface area contributed by atoms with Crippen LogP contribution >= 0.6 is 22.6 Å². The van der Waals surface area contributed by atoms with Gasteiger partial charge >= 0.3 is 6.09 Å². The lowest BCUT2D eigenvalue weighted by Gasteiger charge is -2.29. The zero-order valence-electron chi connectivity index (χ0n) is 12.1. The van der Waals surface area contributed by atoms with Gasteiger partial charge in [0.15, 0.2) is 0 Å². The molecule has 1 amide bonds. The van der Waals surface area contributed by atoms with Crippen LogP contribution in [-0.2, 0) is 4.74 Å². The van der Waals surface area contributed by atoms with Crippen LogP contribution < -0.4 is 5.32 Å². The third kappa shape index (κ3) is 5.04. The molecule has 0 spiro atoms. The topological polar surface area (TPSA) is 41.6 Å². The van der Waals surface area contributed by atoms with Crippen molar-refractivity contribution in [2.45, 2.75) is 52.2 Å². The molecule has 1 heterocycles. The summed E-state index contributed by atoms with van der Waals surface area (Å²) in [4.78, 5) is 13.9. The minimum Gasteiger partial charge on any atom is -0.444 e. The van der Waals surface area contributed by atoms with E-state index in [9.17, 15) is 4.79 Å². The number of halogens is 1. The number of hydrogen-bond donors (Lipinski definition) is 1. The monoisotopic (exact) mass is 378 g/mol. The van der Waals surface area contributed by atoms with Gasteiger partial charge in [-0.1, -0.05) is 12.7 Å². The first-order valence-corrected chi connectivity index (χ1v) is 7.59. The second-order valence-corrected chi connectivity index (χ2v) is 6.78. The molecule has 0 radical (unpaired) electrons. The molecule has 1 aliphatic rings. The van der Waals surface area contributed by atoms with Crippen molar-refractivity contribution in [1.82, 2.24) is 10.2 Å². The molecule has 108 valence electrons. The van der Waals surface area contributed by atoms with E-state index in [1.54, 1.807) is 4.90 Å². The van der Waals surface area contributed by atoms with Crippen molar-refractivity contribution in [3.8, 4) is 0 Å². The Bertz CT molecular complexity index is 385. The Balaban J connectivity index is 2.68. The molecule has 1 fully saturated rings. The third-order valence-electron chi connectivity index (χ3n) is 2.82. The van der Waals surface area contributed by atoms with Gasteiger partial charge in [-0.05, 0) is 63.1 Å². The summed E-state index contributed by atoms with van der Waals surface area (Å²) in [5.74, 6) is 0. The summed E-state index contributed by atoms with van der Waals surface area (Å²) in [6.07, 6.45) is 3.63. The van der Waals surface area contributed by atoms with Gasteiger partial charge in [-0.2, -0.15) is 0 Å². The van der Waals surface area contributed by atoms with Crippen LogP contribution in [0.5, 0.6) is 0 Å². The summed E-state index contributed by atoms with van der Waals surface area (Å²) < 4.78 is 6.45. The Morgan fingerprint density at radius 3 is 2.68 bits per heavy atom. The molecule has 1 atom stereocenters. The van der Waals surface area contributed by atoms with E-state index in [1.807, 2.05) is 33.8 Å². The number of allylic oxidation sites excluding steroid dienone is 1. The van der Waals surface area contributed by atoms with Crippen LogP contribution in [-0.4, -0.2) is 29.2 Å². The Morgan fingerprint density at radius 2 is 2.16 bits per heavy atom. The third-order valence-corrected chi connectivity index (χ3v) is 3.71. The van der Waals surface area contributed by atoms with E-state index in [4.69, 9.17) is 4.74 Å². The summed E-state index contributed by atoms with van der Waals surface area (Å²) in [5, 5.41) is 3.22. The summed E-state index contributed by atoms with van der Waals surface area (Å²) >= 11 is 2.21. The van der Waals surface area contributed by atoms with Crippen LogP contribution in [0.15, 0.2) is 22.1 Å². The second-order valence-electron chi connectivity index (χ2n) is 5.62. The number of hydrogen-bond acceptors (Lipinski definition) is 3. The van der Waals surface area contributed by atoms with Gasteiger partial charge in [-0.15, -0.1) is 0 Å². The molecular formula is C14H23IN2O2. The minimum atomic E-state index is -0.462. The summed E-state index contributed by atoms with van der Waals surface area (Å²) in [6.45, 7) is 12.4. The maximum atomic E-state index is 12.1. The van der Waals surface area contributed by atoms with Crippen LogP contribution in [0.25, 0.3) is 0 Å². The van der Waals surface area contributed by atoms with Gasteiger partial charge in [0.2, 0.25) is 0 Å². The lowest BCUT2D eigenvalue weighted by Crippen LogP contribution is -2.42. The van der Waals surface area contributed by atoms with Gasteiger partial charge in [0.1, 0.15) is 5.60 Å². The highest BCUT2D eigenvalue weighted by Crippen LogP contribution is 2.25. The summed E-state index contributed by atoms with van der Waals surface area (Å²) in [7, 11) is 0. The molecule has 1 rings (SSSR count). The normalized spacial score (nSPS) is 20.4. The van der Waals surface area contributed by atoms with Gasteiger partial charge in [-0.25, -0.2) is 4.79 Å². The van der Waals surface area contributed by atoms with Gasteiger partial charge in [-0.3, -0.25) is 4.90 Å². The number of nitrogens with one attached hydrogen (secondary N) is 1. The average Bonchev–Trinajstić information content (AvgIpc) is 2.75. The van der Waals surface area contributed by atoms with Gasteiger partial charge in [0.25, 0.3) is 0 Å². The molecule has 1 saturated heterocycles. The van der Waals surface area contributed by atoms with Crippen molar-refractivity contribution in [2.24, 2.45) is 0 Å². The highest BCUT2D eigenvalue weighted by atomic mass is 127. The highest BCUT2D eigenvalue weighted by Gasteiger charge is 2.33. The Hall–Kier alpha value is -0.720. The van der Waals surface area contributed by atoms with E-state index < -0.39 is 5.60 Å². The predicted molar refractivity (Wildman–Crippen MR) is 86.0 cm³/mol. The SMILES string of the molecule is C=C(N/C(I)=C\C)C1CCCN1C(=O)OC(C)(C)C. The fraction of sp³-hybridized carbons (Fsp3) is 0.643. The van der Waals surface area contributed by atoms with E-state index in [1.165, 1.54) is 0 Å². The molecule has 0 aliphatic carbocycles. The fourth-order valence-corrected chi connectivity index (χ4v) is 2.32. The number of ether oxygens (including phenoxy) is 1. The molecule has 19 heavy (non-hydrogen) atoms. The fourth-order valence-electron chi connectivity index (χ4n) is 1.98. The number of amides is 1. The largest absolute Gasteiger partial charge is 0.444 e. The van der Waals surface area contributed by atoms with Gasteiger partial charge in [0, 0.05) is 12.2 Å². The molecule has 0 aromatic carbocycles. The summed E-state index contributed by atoms with van der Waals surface area (Å²) in [5.41, 5.74) is 0.391. The van der Waals surface area contributed by atoms with E-state index >= 15 is 0 Å². The maximum absolute atomic E-state index is 12.1. The van der Waals surface area contributed by atoms with E-state index in [-0.39, 0.29) is 12.1 Å². The molecule has 0 saturated carbocycles. The van der Waals surface area contributed by atoms with Crippen LogP contribution in [0.2, 0.25) is 0 Å². The van der Waals surface area contributed by atoms with Gasteiger partial charge < -0.3 is 10.1 Å². The van der Waals surface area contributed by atoms with Crippen molar-refractivity contribution >= 4 is 28.7 Å². The van der Waals surface area contributed by atoms with Crippen LogP contribution in [0.1, 0.15) is 40.5 Å². The van der Waals surface area contributed by atoms with Crippen molar-refractivity contribution in [3.63, 3.8) is 0 Å². The zero-order valence-corrected chi connectivity index (χ0v) is 14.3. The van der Waals surface area contributed by atoms with Crippen molar-refractivity contribution in [2.75, 3.05) is 6.54 Å². The zero-order chi connectivity index (χ0) is 14.6. The minimum absolute atomic E-state index is 0.0135. The first-order chi connectivity index (χ1) is 8.74.